The van der Waals surface area contributed by atoms with Crippen LogP contribution < -0.4 is 0 Å². The van der Waals surface area contributed by atoms with Crippen LogP contribution in [-0.4, -0.2) is 9.97 Å². The molecule has 0 bridgehead atoms. The highest BCUT2D eigenvalue weighted by atomic mass is 19.1. The maximum absolute atomic E-state index is 14.7. The highest BCUT2D eigenvalue weighted by Gasteiger charge is 2.28. The summed E-state index contributed by atoms with van der Waals surface area (Å²) in [5.74, 6) is -0.0775. The lowest BCUT2D eigenvalue weighted by Gasteiger charge is -2.06. The number of rotatable bonds is 4. The third-order valence-corrected chi connectivity index (χ3v) is 5.26. The second kappa shape index (κ2) is 6.31. The van der Waals surface area contributed by atoms with E-state index in [1.165, 1.54) is 12.1 Å². The Morgan fingerprint density at radius 3 is 2.52 bits per heavy atom. The normalized spacial score (nSPS) is 14.0. The van der Waals surface area contributed by atoms with Crippen molar-refractivity contribution in [2.45, 2.75) is 25.2 Å². The molecule has 27 heavy (non-hydrogen) atoms. The predicted octanol–water partition coefficient (Wildman–Crippen LogP) is 5.98. The average molecular weight is 360 g/mol. The Morgan fingerprint density at radius 1 is 1.00 bits per heavy atom. The van der Waals surface area contributed by atoms with Crippen molar-refractivity contribution in [2.24, 2.45) is 0 Å². The monoisotopic (exact) mass is 360 g/mol. The number of aromatic amines is 1. The molecule has 0 amide bonds. The minimum absolute atomic E-state index is 0.142. The molecule has 1 fully saturated rings. The first-order valence-corrected chi connectivity index (χ1v) is 9.19. The van der Waals surface area contributed by atoms with Crippen molar-refractivity contribution >= 4 is 10.9 Å². The van der Waals surface area contributed by atoms with Gasteiger partial charge in [-0.3, -0.25) is 4.98 Å². The van der Waals surface area contributed by atoms with Crippen molar-refractivity contribution in [3.63, 3.8) is 0 Å². The summed E-state index contributed by atoms with van der Waals surface area (Å²) in [6, 6.07) is 15.8. The molecule has 134 valence electrons. The van der Waals surface area contributed by atoms with Crippen LogP contribution in [0, 0.1) is 11.6 Å². The number of aromatic nitrogens is 2. The average Bonchev–Trinajstić information content (AvgIpc) is 3.47. The zero-order chi connectivity index (χ0) is 18.4. The Hall–Kier alpha value is -3.01. The molecule has 2 nitrogen and oxygen atoms in total. The molecule has 1 N–H and O–H groups in total. The van der Waals surface area contributed by atoms with Crippen molar-refractivity contribution in [2.75, 3.05) is 0 Å². The largest absolute Gasteiger partial charge is 0.354 e. The van der Waals surface area contributed by atoms with Crippen LogP contribution in [0.4, 0.5) is 8.78 Å². The first kappa shape index (κ1) is 16.2. The van der Waals surface area contributed by atoms with Gasteiger partial charge in [0.1, 0.15) is 11.6 Å². The summed E-state index contributed by atoms with van der Waals surface area (Å²) in [5, 5.41) is 0.863. The topological polar surface area (TPSA) is 28.7 Å². The molecule has 0 spiro atoms. The highest BCUT2D eigenvalue weighted by Crippen LogP contribution is 2.43. The van der Waals surface area contributed by atoms with Crippen molar-refractivity contribution in [3.05, 3.63) is 89.2 Å². The van der Waals surface area contributed by atoms with E-state index in [4.69, 9.17) is 0 Å². The summed E-state index contributed by atoms with van der Waals surface area (Å²) < 4.78 is 28.1. The summed E-state index contributed by atoms with van der Waals surface area (Å²) in [6.07, 6.45) is 4.44. The highest BCUT2D eigenvalue weighted by molar-refractivity contribution is 5.91. The Kier molecular flexibility index (Phi) is 3.78. The molecule has 2 aromatic heterocycles. The van der Waals surface area contributed by atoms with Gasteiger partial charge in [-0.05, 0) is 84.0 Å². The van der Waals surface area contributed by atoms with Gasteiger partial charge in [0.15, 0.2) is 0 Å². The smallest absolute Gasteiger partial charge is 0.127 e. The second-order valence-electron chi connectivity index (χ2n) is 7.18. The van der Waals surface area contributed by atoms with Crippen molar-refractivity contribution < 1.29 is 8.78 Å². The molecule has 0 atom stereocenters. The maximum atomic E-state index is 14.7. The van der Waals surface area contributed by atoms with Crippen LogP contribution in [0.15, 0.2) is 60.8 Å². The van der Waals surface area contributed by atoms with Gasteiger partial charge in [0.25, 0.3) is 0 Å². The number of benzene rings is 2. The van der Waals surface area contributed by atoms with E-state index in [1.807, 2.05) is 24.3 Å². The van der Waals surface area contributed by atoms with E-state index in [2.05, 4.69) is 9.97 Å². The van der Waals surface area contributed by atoms with Crippen molar-refractivity contribution in [3.8, 4) is 11.3 Å². The van der Waals surface area contributed by atoms with Crippen LogP contribution in [0.25, 0.3) is 22.2 Å². The molecule has 2 aromatic carbocycles. The predicted molar refractivity (Wildman–Crippen MR) is 103 cm³/mol. The van der Waals surface area contributed by atoms with E-state index in [1.54, 1.807) is 24.4 Å². The third-order valence-electron chi connectivity index (χ3n) is 5.26. The van der Waals surface area contributed by atoms with E-state index >= 15 is 0 Å². The summed E-state index contributed by atoms with van der Waals surface area (Å²) in [6.45, 7) is 0. The number of fused-ring (bicyclic) bond motifs is 1. The van der Waals surface area contributed by atoms with Crippen molar-refractivity contribution in [1.82, 2.24) is 9.97 Å². The Morgan fingerprint density at radius 2 is 1.81 bits per heavy atom. The van der Waals surface area contributed by atoms with Gasteiger partial charge >= 0.3 is 0 Å². The van der Waals surface area contributed by atoms with Crippen LogP contribution in [0.3, 0.4) is 0 Å². The lowest BCUT2D eigenvalue weighted by molar-refractivity contribution is 0.613. The second-order valence-corrected chi connectivity index (χ2v) is 7.18. The fraction of sp³-hybridized carbons (Fsp3) is 0.174. The zero-order valence-electron chi connectivity index (χ0n) is 14.7. The minimum atomic E-state index is -0.275. The van der Waals surface area contributed by atoms with Crippen LogP contribution >= 0.6 is 0 Å². The number of halogens is 2. The first-order valence-electron chi connectivity index (χ1n) is 9.19. The van der Waals surface area contributed by atoms with Gasteiger partial charge in [-0.2, -0.15) is 0 Å². The fourth-order valence-corrected chi connectivity index (χ4v) is 3.73. The molecule has 0 saturated heterocycles. The standard InChI is InChI=1S/C23H18F2N2/c24-16-8-6-15(7-9-16)23-20(11-17-3-1-2-10-26-17)19-12-21(25)18(14-4-5-14)13-22(19)27-23/h1-3,6-10,12-14,27H,4-5,11H2. The zero-order valence-corrected chi connectivity index (χ0v) is 14.7. The molecule has 0 radical (unpaired) electrons. The van der Waals surface area contributed by atoms with Crippen LogP contribution in [-0.2, 0) is 6.42 Å². The van der Waals surface area contributed by atoms with Gasteiger partial charge in [-0.15, -0.1) is 0 Å². The molecule has 2 heterocycles. The molecule has 4 aromatic rings. The Balaban J connectivity index is 1.71. The fourth-order valence-electron chi connectivity index (χ4n) is 3.73. The first-order chi connectivity index (χ1) is 13.2. The molecule has 1 aliphatic carbocycles. The van der Waals surface area contributed by atoms with Crippen molar-refractivity contribution in [1.29, 1.82) is 0 Å². The molecular weight excluding hydrogens is 342 g/mol. The molecule has 4 heteroatoms. The van der Waals surface area contributed by atoms with Crippen LogP contribution in [0.2, 0.25) is 0 Å². The quantitative estimate of drug-likeness (QED) is 0.477. The SMILES string of the molecule is Fc1ccc(-c2[nH]c3cc(C4CC4)c(F)cc3c2Cc2ccccn2)cc1. The summed E-state index contributed by atoms with van der Waals surface area (Å²) in [7, 11) is 0. The minimum Gasteiger partial charge on any atom is -0.354 e. The third kappa shape index (κ3) is 3.01. The Labute approximate surface area is 155 Å². The van der Waals surface area contributed by atoms with E-state index in [-0.39, 0.29) is 11.6 Å². The molecule has 0 aliphatic heterocycles. The number of pyridine rings is 1. The molecule has 1 aliphatic rings. The molecule has 1 saturated carbocycles. The van der Waals surface area contributed by atoms with Gasteiger partial charge in [0, 0.05) is 29.2 Å². The van der Waals surface area contributed by atoms with E-state index < -0.39 is 0 Å². The maximum Gasteiger partial charge on any atom is 0.127 e. The molecule has 5 rings (SSSR count). The summed E-state index contributed by atoms with van der Waals surface area (Å²) in [4.78, 5) is 7.87. The van der Waals surface area contributed by atoms with E-state index in [0.29, 0.717) is 12.3 Å². The number of nitrogens with zero attached hydrogens (tertiary/aromatic N) is 1. The lowest BCUT2D eigenvalue weighted by atomic mass is 9.99. The molecule has 0 unspecified atom stereocenters. The van der Waals surface area contributed by atoms with Gasteiger partial charge in [0.2, 0.25) is 0 Å². The molecular formula is C23H18F2N2. The summed E-state index contributed by atoms with van der Waals surface area (Å²) in [5.41, 5.74) is 5.38. The van der Waals surface area contributed by atoms with Gasteiger partial charge in [-0.1, -0.05) is 6.07 Å². The van der Waals surface area contributed by atoms with Gasteiger partial charge in [0.05, 0.1) is 5.69 Å². The van der Waals surface area contributed by atoms with Crippen LogP contribution in [0.5, 0.6) is 0 Å². The number of hydrogen-bond acceptors (Lipinski definition) is 1. The van der Waals surface area contributed by atoms with E-state index in [0.717, 1.165) is 51.8 Å². The van der Waals surface area contributed by atoms with Gasteiger partial charge < -0.3 is 4.98 Å². The summed E-state index contributed by atoms with van der Waals surface area (Å²) >= 11 is 0. The number of H-pyrrole nitrogens is 1. The number of hydrogen-bond donors (Lipinski definition) is 1. The number of nitrogens with one attached hydrogen (secondary N) is 1. The van der Waals surface area contributed by atoms with Gasteiger partial charge in [-0.25, -0.2) is 8.78 Å². The van der Waals surface area contributed by atoms with Crippen LogP contribution in [0.1, 0.15) is 35.6 Å². The lowest BCUT2D eigenvalue weighted by Crippen LogP contribution is -1.94. The Bertz CT molecular complexity index is 1110. The van der Waals surface area contributed by atoms with E-state index in [9.17, 15) is 8.78 Å².